The smallest absolute Gasteiger partial charge is 0.191 e. The monoisotopic (exact) mass is 329 g/mol. The average Bonchev–Trinajstić information content (AvgIpc) is 2.50. The minimum atomic E-state index is -0.499. The van der Waals surface area contributed by atoms with Crippen LogP contribution in [-0.2, 0) is 6.42 Å². The van der Waals surface area contributed by atoms with Crippen molar-refractivity contribution in [3.63, 3.8) is 0 Å². The Kier molecular flexibility index (Phi) is 9.62. The molecule has 3 nitrogen and oxygen atoms in total. The van der Waals surface area contributed by atoms with E-state index < -0.39 is 11.6 Å². The highest BCUT2D eigenvalue weighted by atomic mass is 32.2. The number of benzene rings is 1. The SMILES string of the molecule is CCNC(=NCCCCSC)NCCc1c(F)cccc1F. The molecule has 0 heterocycles. The number of aliphatic imine (C=N–C) groups is 1. The molecule has 0 bridgehead atoms. The molecule has 0 atom stereocenters. The van der Waals surface area contributed by atoms with Gasteiger partial charge in [-0.15, -0.1) is 0 Å². The Hall–Kier alpha value is -1.30. The van der Waals surface area contributed by atoms with Crippen molar-refractivity contribution in [1.29, 1.82) is 0 Å². The van der Waals surface area contributed by atoms with Gasteiger partial charge in [-0.25, -0.2) is 8.78 Å². The number of hydrogen-bond donors (Lipinski definition) is 2. The number of halogens is 2. The van der Waals surface area contributed by atoms with Gasteiger partial charge in [0.05, 0.1) is 0 Å². The van der Waals surface area contributed by atoms with Crippen LogP contribution in [0.3, 0.4) is 0 Å². The van der Waals surface area contributed by atoms with Crippen molar-refractivity contribution in [3.8, 4) is 0 Å². The van der Waals surface area contributed by atoms with Crippen LogP contribution in [-0.4, -0.2) is 37.6 Å². The van der Waals surface area contributed by atoms with Crippen LogP contribution in [0.4, 0.5) is 8.78 Å². The van der Waals surface area contributed by atoms with Crippen LogP contribution in [0.1, 0.15) is 25.3 Å². The second-order valence-corrected chi connectivity index (χ2v) is 5.82. The molecule has 0 aliphatic rings. The van der Waals surface area contributed by atoms with Gasteiger partial charge in [0.1, 0.15) is 11.6 Å². The minimum Gasteiger partial charge on any atom is -0.357 e. The van der Waals surface area contributed by atoms with Crippen molar-refractivity contribution in [2.24, 2.45) is 4.99 Å². The first-order valence-electron chi connectivity index (χ1n) is 7.63. The Morgan fingerprint density at radius 2 is 1.91 bits per heavy atom. The van der Waals surface area contributed by atoms with Crippen LogP contribution in [0, 0.1) is 11.6 Å². The maximum atomic E-state index is 13.5. The van der Waals surface area contributed by atoms with Gasteiger partial charge in [-0.3, -0.25) is 4.99 Å². The molecular weight excluding hydrogens is 304 g/mol. The summed E-state index contributed by atoms with van der Waals surface area (Å²) in [5.74, 6) is 0.844. The van der Waals surface area contributed by atoms with Crippen molar-refractivity contribution in [2.45, 2.75) is 26.2 Å². The number of nitrogens with zero attached hydrogens (tertiary/aromatic N) is 1. The molecule has 0 unspecified atom stereocenters. The summed E-state index contributed by atoms with van der Waals surface area (Å²) in [6.07, 6.45) is 4.57. The Morgan fingerprint density at radius 1 is 1.18 bits per heavy atom. The van der Waals surface area contributed by atoms with Crippen molar-refractivity contribution < 1.29 is 8.78 Å². The molecule has 124 valence electrons. The predicted octanol–water partition coefficient (Wildman–Crippen LogP) is 3.21. The van der Waals surface area contributed by atoms with Crippen molar-refractivity contribution in [3.05, 3.63) is 35.4 Å². The van der Waals surface area contributed by atoms with Gasteiger partial charge in [0.25, 0.3) is 0 Å². The Bertz CT molecular complexity index is 446. The van der Waals surface area contributed by atoms with Crippen molar-refractivity contribution >= 4 is 17.7 Å². The lowest BCUT2D eigenvalue weighted by Gasteiger charge is -2.12. The fraction of sp³-hybridized carbons (Fsp3) is 0.562. The Labute approximate surface area is 136 Å². The highest BCUT2D eigenvalue weighted by Gasteiger charge is 2.08. The minimum absolute atomic E-state index is 0.116. The highest BCUT2D eigenvalue weighted by Crippen LogP contribution is 2.11. The largest absolute Gasteiger partial charge is 0.357 e. The molecule has 0 saturated heterocycles. The number of rotatable bonds is 9. The summed E-state index contributed by atoms with van der Waals surface area (Å²) in [5.41, 5.74) is 0.116. The first kappa shape index (κ1) is 18.7. The van der Waals surface area contributed by atoms with Gasteiger partial charge in [-0.05, 0) is 50.3 Å². The fourth-order valence-electron chi connectivity index (χ4n) is 1.97. The van der Waals surface area contributed by atoms with E-state index in [0.717, 1.165) is 31.7 Å². The molecule has 2 N–H and O–H groups in total. The van der Waals surface area contributed by atoms with E-state index in [0.29, 0.717) is 12.5 Å². The summed E-state index contributed by atoms with van der Waals surface area (Å²) in [6.45, 7) is 3.94. The summed E-state index contributed by atoms with van der Waals surface area (Å²) < 4.78 is 27.1. The van der Waals surface area contributed by atoms with Gasteiger partial charge >= 0.3 is 0 Å². The third-order valence-electron chi connectivity index (χ3n) is 3.10. The molecule has 22 heavy (non-hydrogen) atoms. The van der Waals surface area contributed by atoms with E-state index in [9.17, 15) is 8.78 Å². The molecule has 0 aliphatic heterocycles. The second-order valence-electron chi connectivity index (χ2n) is 4.84. The molecule has 0 radical (unpaired) electrons. The lowest BCUT2D eigenvalue weighted by Crippen LogP contribution is -2.38. The number of unbranched alkanes of at least 4 members (excludes halogenated alkanes) is 1. The number of thioether (sulfide) groups is 1. The van der Waals surface area contributed by atoms with Crippen molar-refractivity contribution in [1.82, 2.24) is 10.6 Å². The second kappa shape index (κ2) is 11.3. The lowest BCUT2D eigenvalue weighted by molar-refractivity contribution is 0.553. The van der Waals surface area contributed by atoms with Crippen LogP contribution in [0.5, 0.6) is 0 Å². The molecule has 0 aromatic heterocycles. The molecule has 0 amide bonds. The summed E-state index contributed by atoms with van der Waals surface area (Å²) in [7, 11) is 0. The van der Waals surface area contributed by atoms with Crippen molar-refractivity contribution in [2.75, 3.05) is 31.6 Å². The molecule has 0 aliphatic carbocycles. The third kappa shape index (κ3) is 7.11. The Morgan fingerprint density at radius 3 is 2.55 bits per heavy atom. The van der Waals surface area contributed by atoms with Gasteiger partial charge in [-0.1, -0.05) is 6.07 Å². The molecule has 6 heteroatoms. The molecule has 1 aromatic rings. The van der Waals surface area contributed by atoms with E-state index in [2.05, 4.69) is 21.9 Å². The third-order valence-corrected chi connectivity index (χ3v) is 3.80. The normalized spacial score (nSPS) is 11.5. The maximum Gasteiger partial charge on any atom is 0.191 e. The van der Waals surface area contributed by atoms with E-state index in [1.54, 1.807) is 0 Å². The quantitative estimate of drug-likeness (QED) is 0.415. The predicted molar refractivity (Wildman–Crippen MR) is 91.7 cm³/mol. The van der Waals surface area contributed by atoms with E-state index in [1.807, 2.05) is 18.7 Å². The number of nitrogens with one attached hydrogen (secondary N) is 2. The first-order chi connectivity index (χ1) is 10.7. The number of guanidine groups is 1. The molecule has 1 rings (SSSR count). The topological polar surface area (TPSA) is 36.4 Å². The Balaban J connectivity index is 2.42. The maximum absolute atomic E-state index is 13.5. The van der Waals surface area contributed by atoms with Crippen LogP contribution < -0.4 is 10.6 Å². The fourth-order valence-corrected chi connectivity index (χ4v) is 2.46. The standard InChI is InChI=1S/C16H25F2N3S/c1-3-19-16(20-10-4-5-12-22-2)21-11-9-13-14(17)7-6-8-15(13)18/h6-8H,3-5,9-12H2,1-2H3,(H2,19,20,21). The zero-order chi connectivity index (χ0) is 16.2. The van der Waals surface area contributed by atoms with Gasteiger partial charge in [0.15, 0.2) is 5.96 Å². The van der Waals surface area contributed by atoms with Crippen LogP contribution >= 0.6 is 11.8 Å². The van der Waals surface area contributed by atoms with E-state index in [4.69, 9.17) is 0 Å². The zero-order valence-electron chi connectivity index (χ0n) is 13.3. The van der Waals surface area contributed by atoms with Gasteiger partial charge in [-0.2, -0.15) is 11.8 Å². The van der Waals surface area contributed by atoms with E-state index in [1.165, 1.54) is 18.2 Å². The van der Waals surface area contributed by atoms with Crippen LogP contribution in [0.2, 0.25) is 0 Å². The number of hydrogen-bond acceptors (Lipinski definition) is 2. The zero-order valence-corrected chi connectivity index (χ0v) is 14.1. The molecule has 0 spiro atoms. The summed E-state index contributed by atoms with van der Waals surface area (Å²) in [6, 6.07) is 3.94. The average molecular weight is 329 g/mol. The van der Waals surface area contributed by atoms with Gasteiger partial charge in [0.2, 0.25) is 0 Å². The van der Waals surface area contributed by atoms with E-state index in [-0.39, 0.29) is 12.0 Å². The lowest BCUT2D eigenvalue weighted by atomic mass is 10.1. The summed E-state index contributed by atoms with van der Waals surface area (Å²) in [5, 5.41) is 6.25. The van der Waals surface area contributed by atoms with Crippen LogP contribution in [0.25, 0.3) is 0 Å². The highest BCUT2D eigenvalue weighted by molar-refractivity contribution is 7.98. The summed E-state index contributed by atoms with van der Waals surface area (Å²) >= 11 is 1.83. The van der Waals surface area contributed by atoms with E-state index >= 15 is 0 Å². The molecular formula is C16H25F2N3S. The van der Waals surface area contributed by atoms with Gasteiger partial charge < -0.3 is 10.6 Å². The molecule has 0 saturated carbocycles. The molecule has 1 aromatic carbocycles. The molecule has 0 fully saturated rings. The first-order valence-corrected chi connectivity index (χ1v) is 9.02. The van der Waals surface area contributed by atoms with Crippen LogP contribution in [0.15, 0.2) is 23.2 Å². The van der Waals surface area contributed by atoms with Gasteiger partial charge in [0, 0.05) is 25.2 Å². The summed E-state index contributed by atoms with van der Waals surface area (Å²) in [4.78, 5) is 4.46.